The number of nitrogens with one attached hydrogen (secondary N) is 1. The van der Waals surface area contributed by atoms with Crippen molar-refractivity contribution in [3.05, 3.63) is 41.7 Å². The van der Waals surface area contributed by atoms with Crippen molar-refractivity contribution >= 4 is 11.6 Å². The van der Waals surface area contributed by atoms with E-state index in [4.69, 9.17) is 15.6 Å². The van der Waals surface area contributed by atoms with E-state index in [1.165, 1.54) is 0 Å². The number of aliphatic hydroxyl groups excluding tert-OH is 1. The van der Waals surface area contributed by atoms with Gasteiger partial charge < -0.3 is 20.9 Å². The molecule has 1 aromatic heterocycles. The van der Waals surface area contributed by atoms with Crippen molar-refractivity contribution in [3.63, 3.8) is 0 Å². The van der Waals surface area contributed by atoms with Crippen LogP contribution in [0, 0.1) is 0 Å². The fourth-order valence-corrected chi connectivity index (χ4v) is 1.92. The van der Waals surface area contributed by atoms with Crippen LogP contribution in [-0.4, -0.2) is 34.5 Å². The van der Waals surface area contributed by atoms with Gasteiger partial charge >= 0.3 is 0 Å². The van der Waals surface area contributed by atoms with E-state index in [9.17, 15) is 4.79 Å². The van der Waals surface area contributed by atoms with Gasteiger partial charge in [0, 0.05) is 23.9 Å². The fraction of sp³-hybridized carbons (Fsp3) is 0.286. The summed E-state index contributed by atoms with van der Waals surface area (Å²) >= 11 is 0. The van der Waals surface area contributed by atoms with Crippen LogP contribution in [0.5, 0.6) is 5.75 Å². The zero-order valence-corrected chi connectivity index (χ0v) is 11.7. The van der Waals surface area contributed by atoms with Crippen molar-refractivity contribution < 1.29 is 14.6 Å². The lowest BCUT2D eigenvalue weighted by atomic mass is 10.1. The number of amides is 1. The quantitative estimate of drug-likeness (QED) is 0.693. The number of nitrogens with two attached hydrogens (primary N) is 1. The normalized spacial score (nSPS) is 10.4. The zero-order valence-electron chi connectivity index (χ0n) is 11.7. The second-order valence-corrected chi connectivity index (χ2v) is 4.47. The number of aliphatic hydroxyl groups is 1. The molecule has 4 N–H and O–H groups in total. The molecule has 1 aromatic carbocycles. The first-order chi connectivity index (χ1) is 10.1. The van der Waals surface area contributed by atoms with Gasteiger partial charge in [0.05, 0.1) is 32.1 Å². The van der Waals surface area contributed by atoms with Crippen molar-refractivity contribution in [2.45, 2.75) is 13.1 Å². The molecule has 0 spiro atoms. The van der Waals surface area contributed by atoms with Gasteiger partial charge in [0.2, 0.25) is 5.91 Å². The topological polar surface area (TPSA) is 102 Å². The predicted octanol–water partition coefficient (Wildman–Crippen LogP) is 0.595. The molecule has 0 bridgehead atoms. The number of aromatic nitrogens is 2. The maximum Gasteiger partial charge on any atom is 0.248 e. The summed E-state index contributed by atoms with van der Waals surface area (Å²) in [6.07, 6.45) is 3.56. The average molecular weight is 290 g/mol. The van der Waals surface area contributed by atoms with Crippen LogP contribution in [0.15, 0.2) is 30.6 Å². The molecule has 1 amide bonds. The summed E-state index contributed by atoms with van der Waals surface area (Å²) in [4.78, 5) is 11.2. The molecule has 112 valence electrons. The summed E-state index contributed by atoms with van der Waals surface area (Å²) in [5.41, 5.74) is 7.32. The van der Waals surface area contributed by atoms with Gasteiger partial charge in [-0.3, -0.25) is 9.48 Å². The van der Waals surface area contributed by atoms with E-state index >= 15 is 0 Å². The Balaban J connectivity index is 2.10. The van der Waals surface area contributed by atoms with Gasteiger partial charge in [-0.25, -0.2) is 0 Å². The monoisotopic (exact) mass is 290 g/mol. The number of primary amides is 1. The van der Waals surface area contributed by atoms with Gasteiger partial charge in [0.1, 0.15) is 5.75 Å². The highest BCUT2D eigenvalue weighted by Crippen LogP contribution is 2.25. The minimum Gasteiger partial charge on any atom is -0.495 e. The van der Waals surface area contributed by atoms with Gasteiger partial charge in [-0.2, -0.15) is 5.10 Å². The number of methoxy groups -OCH3 is 1. The van der Waals surface area contributed by atoms with E-state index in [1.807, 2.05) is 6.20 Å². The van der Waals surface area contributed by atoms with Crippen LogP contribution in [0.25, 0.3) is 0 Å². The van der Waals surface area contributed by atoms with Crippen LogP contribution in [-0.2, 0) is 13.1 Å². The molecule has 0 radical (unpaired) electrons. The summed E-state index contributed by atoms with van der Waals surface area (Å²) in [6.45, 7) is 1.02. The number of benzene rings is 1. The smallest absolute Gasteiger partial charge is 0.248 e. The van der Waals surface area contributed by atoms with E-state index in [0.717, 1.165) is 5.56 Å². The number of nitrogens with zero attached hydrogens (tertiary/aromatic N) is 2. The number of hydrogen-bond donors (Lipinski definition) is 3. The van der Waals surface area contributed by atoms with E-state index in [0.29, 0.717) is 30.1 Å². The lowest BCUT2D eigenvalue weighted by Gasteiger charge is -2.11. The van der Waals surface area contributed by atoms with Crippen molar-refractivity contribution in [1.29, 1.82) is 0 Å². The Labute approximate surface area is 122 Å². The number of ether oxygens (including phenoxy) is 1. The molecule has 0 unspecified atom stereocenters. The molecule has 2 rings (SSSR count). The average Bonchev–Trinajstić information content (AvgIpc) is 2.92. The van der Waals surface area contributed by atoms with Gasteiger partial charge in [0.15, 0.2) is 0 Å². The minimum atomic E-state index is -0.489. The Bertz CT molecular complexity index is 624. The van der Waals surface area contributed by atoms with Gasteiger partial charge in [-0.15, -0.1) is 0 Å². The number of anilines is 1. The molecule has 0 aliphatic heterocycles. The highest BCUT2D eigenvalue weighted by Gasteiger charge is 2.08. The molecule has 2 aromatic rings. The lowest BCUT2D eigenvalue weighted by Crippen LogP contribution is -2.11. The van der Waals surface area contributed by atoms with E-state index in [-0.39, 0.29) is 6.61 Å². The molecule has 0 saturated carbocycles. The number of carbonyl (C=O) groups excluding carboxylic acids is 1. The Hall–Kier alpha value is -2.54. The van der Waals surface area contributed by atoms with Crippen LogP contribution in [0.3, 0.4) is 0 Å². The minimum absolute atomic E-state index is 0.0447. The zero-order chi connectivity index (χ0) is 15.2. The fourth-order valence-electron chi connectivity index (χ4n) is 1.92. The SMILES string of the molecule is COc1ccc(C(N)=O)cc1NCc1cnn(CCO)c1. The Morgan fingerprint density at radius 2 is 2.33 bits per heavy atom. The van der Waals surface area contributed by atoms with Crippen molar-refractivity contribution in [2.75, 3.05) is 19.0 Å². The largest absolute Gasteiger partial charge is 0.495 e. The third-order valence-electron chi connectivity index (χ3n) is 2.98. The Morgan fingerprint density at radius 3 is 3.00 bits per heavy atom. The van der Waals surface area contributed by atoms with Crippen LogP contribution in [0.1, 0.15) is 15.9 Å². The summed E-state index contributed by atoms with van der Waals surface area (Å²) in [6, 6.07) is 4.96. The summed E-state index contributed by atoms with van der Waals surface area (Å²) in [7, 11) is 1.56. The van der Waals surface area contributed by atoms with Crippen molar-refractivity contribution in [3.8, 4) is 5.75 Å². The third kappa shape index (κ3) is 3.73. The first kappa shape index (κ1) is 14.9. The number of rotatable bonds is 7. The molecule has 0 fully saturated rings. The second-order valence-electron chi connectivity index (χ2n) is 4.47. The number of carbonyl (C=O) groups is 1. The third-order valence-corrected chi connectivity index (χ3v) is 2.98. The molecule has 7 nitrogen and oxygen atoms in total. The highest BCUT2D eigenvalue weighted by atomic mass is 16.5. The lowest BCUT2D eigenvalue weighted by molar-refractivity contribution is 0.100. The maximum absolute atomic E-state index is 11.2. The standard InChI is InChI=1S/C14H18N4O3/c1-21-13-3-2-11(14(15)20)6-12(13)16-7-10-8-17-18(9-10)4-5-19/h2-3,6,8-9,16,19H,4-5,7H2,1H3,(H2,15,20). The van der Waals surface area contributed by atoms with E-state index < -0.39 is 5.91 Å². The summed E-state index contributed by atoms with van der Waals surface area (Å²) < 4.78 is 6.90. The molecular weight excluding hydrogens is 272 g/mol. The van der Waals surface area contributed by atoms with Crippen LogP contribution in [0.4, 0.5) is 5.69 Å². The molecule has 21 heavy (non-hydrogen) atoms. The maximum atomic E-state index is 11.2. The number of hydrogen-bond acceptors (Lipinski definition) is 5. The Morgan fingerprint density at radius 1 is 1.52 bits per heavy atom. The van der Waals surface area contributed by atoms with Crippen LogP contribution >= 0.6 is 0 Å². The summed E-state index contributed by atoms with van der Waals surface area (Å²) in [5, 5.41) is 16.2. The van der Waals surface area contributed by atoms with Crippen molar-refractivity contribution in [2.24, 2.45) is 5.73 Å². The van der Waals surface area contributed by atoms with Gasteiger partial charge in [0.25, 0.3) is 0 Å². The first-order valence-electron chi connectivity index (χ1n) is 6.48. The van der Waals surface area contributed by atoms with Gasteiger partial charge in [-0.1, -0.05) is 0 Å². The molecule has 0 aliphatic carbocycles. The molecule has 0 aliphatic rings. The van der Waals surface area contributed by atoms with E-state index in [1.54, 1.807) is 36.2 Å². The highest BCUT2D eigenvalue weighted by molar-refractivity contribution is 5.94. The van der Waals surface area contributed by atoms with Crippen LogP contribution in [0.2, 0.25) is 0 Å². The molecule has 1 heterocycles. The molecular formula is C14H18N4O3. The van der Waals surface area contributed by atoms with E-state index in [2.05, 4.69) is 10.4 Å². The molecule has 0 saturated heterocycles. The summed E-state index contributed by atoms with van der Waals surface area (Å²) in [5.74, 6) is 0.138. The van der Waals surface area contributed by atoms with Crippen molar-refractivity contribution in [1.82, 2.24) is 9.78 Å². The molecule has 0 atom stereocenters. The predicted molar refractivity (Wildman–Crippen MR) is 78.2 cm³/mol. The molecule has 7 heteroatoms. The first-order valence-corrected chi connectivity index (χ1v) is 6.48. The van der Waals surface area contributed by atoms with Crippen LogP contribution < -0.4 is 15.8 Å². The second kappa shape index (κ2) is 6.76. The Kier molecular flexibility index (Phi) is 4.78. The van der Waals surface area contributed by atoms with Gasteiger partial charge in [-0.05, 0) is 18.2 Å².